The van der Waals surface area contributed by atoms with Gasteiger partial charge in [-0.15, -0.1) is 0 Å². The van der Waals surface area contributed by atoms with Gasteiger partial charge in [-0.1, -0.05) is 24.3 Å². The molecule has 5 rings (SSSR count). The van der Waals surface area contributed by atoms with E-state index in [1.807, 2.05) is 12.1 Å². The minimum atomic E-state index is -3.81. The van der Waals surface area contributed by atoms with E-state index in [1.54, 1.807) is 30.6 Å². The number of hydrogen-bond acceptors (Lipinski definition) is 8. The maximum atomic E-state index is 13.1. The first kappa shape index (κ1) is 23.7. The fraction of sp³-hybridized carbons (Fsp3) is 0.360. The Balaban J connectivity index is 1.29. The Morgan fingerprint density at radius 3 is 2.34 bits per heavy atom. The number of aromatic nitrogens is 2. The topological polar surface area (TPSA) is 96.9 Å². The van der Waals surface area contributed by atoms with Crippen molar-refractivity contribution in [2.45, 2.75) is 11.4 Å². The molecule has 9 nitrogen and oxygen atoms in total. The van der Waals surface area contributed by atoms with Crippen LogP contribution in [0.2, 0.25) is 0 Å². The number of anilines is 2. The number of benzene rings is 1. The Morgan fingerprint density at radius 1 is 0.886 bits per heavy atom. The van der Waals surface area contributed by atoms with Crippen molar-refractivity contribution in [1.29, 1.82) is 0 Å². The molecule has 0 bridgehead atoms. The molecular weight excluding hydrogens is 466 g/mol. The van der Waals surface area contributed by atoms with Gasteiger partial charge in [0.1, 0.15) is 4.90 Å². The van der Waals surface area contributed by atoms with Crippen LogP contribution in [-0.2, 0) is 26.0 Å². The molecule has 2 aliphatic rings. The molecule has 10 heteroatoms. The lowest BCUT2D eigenvalue weighted by atomic mass is 10.1. The molecule has 0 amide bonds. The minimum Gasteiger partial charge on any atom is -0.379 e. The largest absolute Gasteiger partial charge is 0.379 e. The maximum absolute atomic E-state index is 13.1. The summed E-state index contributed by atoms with van der Waals surface area (Å²) in [6.07, 6.45) is 4.65. The van der Waals surface area contributed by atoms with Crippen LogP contribution >= 0.6 is 0 Å². The van der Waals surface area contributed by atoms with Crippen LogP contribution in [0.25, 0.3) is 11.3 Å². The highest BCUT2D eigenvalue weighted by atomic mass is 32.2. The van der Waals surface area contributed by atoms with Crippen LogP contribution in [0, 0.1) is 0 Å². The van der Waals surface area contributed by atoms with Crippen LogP contribution in [0.3, 0.4) is 0 Å². The van der Waals surface area contributed by atoms with Gasteiger partial charge < -0.3 is 14.4 Å². The lowest BCUT2D eigenvalue weighted by molar-refractivity contribution is 0.0342. The fourth-order valence-electron chi connectivity index (χ4n) is 4.21. The molecule has 2 aliphatic heterocycles. The number of nitrogens with zero attached hydrogens (tertiary/aromatic N) is 4. The molecule has 35 heavy (non-hydrogen) atoms. The lowest BCUT2D eigenvalue weighted by Gasteiger charge is -2.28. The molecule has 0 aliphatic carbocycles. The Morgan fingerprint density at radius 2 is 1.60 bits per heavy atom. The summed E-state index contributed by atoms with van der Waals surface area (Å²) in [6, 6.07) is 13.3. The third-order valence-corrected chi connectivity index (χ3v) is 7.51. The normalized spacial score (nSPS) is 17.3. The Labute approximate surface area is 205 Å². The van der Waals surface area contributed by atoms with Crippen LogP contribution in [0.5, 0.6) is 0 Å². The molecule has 0 spiro atoms. The number of ether oxygens (including phenoxy) is 2. The van der Waals surface area contributed by atoms with Crippen molar-refractivity contribution in [2.75, 3.05) is 62.2 Å². The molecule has 0 unspecified atom stereocenters. The molecule has 2 aromatic heterocycles. The monoisotopic (exact) mass is 495 g/mol. The average Bonchev–Trinajstić information content (AvgIpc) is 2.90. The number of sulfonamides is 1. The summed E-state index contributed by atoms with van der Waals surface area (Å²) in [7, 11) is -3.81. The summed E-state index contributed by atoms with van der Waals surface area (Å²) in [5.41, 5.74) is 4.06. The van der Waals surface area contributed by atoms with Crippen molar-refractivity contribution in [3.05, 3.63) is 66.6 Å². The quantitative estimate of drug-likeness (QED) is 0.534. The van der Waals surface area contributed by atoms with E-state index in [4.69, 9.17) is 9.47 Å². The van der Waals surface area contributed by atoms with Crippen molar-refractivity contribution < 1.29 is 17.9 Å². The minimum absolute atomic E-state index is 0.118. The molecule has 1 aromatic carbocycles. The van der Waals surface area contributed by atoms with E-state index in [9.17, 15) is 8.42 Å². The molecule has 0 atom stereocenters. The molecule has 0 saturated carbocycles. The number of nitrogens with one attached hydrogen (secondary N) is 1. The van der Waals surface area contributed by atoms with Crippen LogP contribution in [0.4, 0.5) is 11.4 Å². The van der Waals surface area contributed by atoms with E-state index in [1.165, 1.54) is 11.8 Å². The second kappa shape index (κ2) is 10.7. The SMILES string of the molecule is O=S(=O)(Nc1ccnc(-c2ccc(CN3CCOCC3)cc2)c1)c1cncc(N2CCOCC2)c1. The van der Waals surface area contributed by atoms with E-state index in [0.29, 0.717) is 37.7 Å². The van der Waals surface area contributed by atoms with Crippen LogP contribution < -0.4 is 9.62 Å². The number of rotatable bonds is 7. The van der Waals surface area contributed by atoms with Crippen molar-refractivity contribution in [3.8, 4) is 11.3 Å². The first-order valence-corrected chi connectivity index (χ1v) is 13.2. The standard InChI is InChI=1S/C25H29N5O4S/c31-35(32,24-16-23(17-26-18-24)30-9-13-34-14-10-30)28-22-5-6-27-25(15-22)21-3-1-20(2-4-21)19-29-7-11-33-12-8-29/h1-6,15-18H,7-14,19H2,(H,27,28). The van der Waals surface area contributed by atoms with E-state index in [2.05, 4.69) is 36.6 Å². The van der Waals surface area contributed by atoms with E-state index < -0.39 is 10.0 Å². The van der Waals surface area contributed by atoms with Gasteiger partial charge in [-0.05, 0) is 23.8 Å². The summed E-state index contributed by atoms with van der Waals surface area (Å²) in [5, 5.41) is 0. The summed E-state index contributed by atoms with van der Waals surface area (Å²) in [6.45, 7) is 6.96. The van der Waals surface area contributed by atoms with Crippen LogP contribution in [0.15, 0.2) is 66.0 Å². The van der Waals surface area contributed by atoms with Gasteiger partial charge in [0.15, 0.2) is 0 Å². The summed E-state index contributed by atoms with van der Waals surface area (Å²) in [4.78, 5) is 13.2. The second-order valence-electron chi connectivity index (χ2n) is 8.60. The van der Waals surface area contributed by atoms with Gasteiger partial charge >= 0.3 is 0 Å². The summed E-state index contributed by atoms with van der Waals surface area (Å²) in [5.74, 6) is 0. The second-order valence-corrected chi connectivity index (χ2v) is 10.3. The van der Waals surface area contributed by atoms with Gasteiger partial charge in [-0.25, -0.2) is 8.42 Å². The first-order chi connectivity index (χ1) is 17.1. The molecule has 0 radical (unpaired) electrons. The molecule has 1 N–H and O–H groups in total. The van der Waals surface area contributed by atoms with Crippen molar-refractivity contribution in [2.24, 2.45) is 0 Å². The van der Waals surface area contributed by atoms with Gasteiger partial charge in [0.2, 0.25) is 0 Å². The number of morpholine rings is 2. The molecular formula is C25H29N5O4S. The van der Waals surface area contributed by atoms with Gasteiger partial charge in [-0.3, -0.25) is 19.6 Å². The van der Waals surface area contributed by atoms with Gasteiger partial charge in [-0.2, -0.15) is 0 Å². The Kier molecular flexibility index (Phi) is 7.24. The van der Waals surface area contributed by atoms with Gasteiger partial charge in [0.25, 0.3) is 10.0 Å². The van der Waals surface area contributed by atoms with Crippen molar-refractivity contribution in [1.82, 2.24) is 14.9 Å². The van der Waals surface area contributed by atoms with E-state index in [0.717, 1.165) is 44.1 Å². The number of pyridine rings is 2. The third kappa shape index (κ3) is 5.96. The van der Waals surface area contributed by atoms with Gasteiger partial charge in [0.05, 0.1) is 49.7 Å². The molecule has 184 valence electrons. The molecule has 3 aromatic rings. The van der Waals surface area contributed by atoms with Gasteiger partial charge in [0, 0.05) is 50.7 Å². The predicted molar refractivity (Wildman–Crippen MR) is 134 cm³/mol. The number of hydrogen-bond donors (Lipinski definition) is 1. The lowest BCUT2D eigenvalue weighted by Crippen LogP contribution is -2.36. The van der Waals surface area contributed by atoms with Crippen molar-refractivity contribution in [3.63, 3.8) is 0 Å². The van der Waals surface area contributed by atoms with Crippen LogP contribution in [0.1, 0.15) is 5.56 Å². The Bertz CT molecular complexity index is 1240. The Hall–Kier alpha value is -3.05. The zero-order chi connectivity index (χ0) is 24.1. The highest BCUT2D eigenvalue weighted by Crippen LogP contribution is 2.25. The zero-order valence-corrected chi connectivity index (χ0v) is 20.3. The summed E-state index contributed by atoms with van der Waals surface area (Å²) < 4.78 is 39.6. The van der Waals surface area contributed by atoms with Crippen molar-refractivity contribution >= 4 is 21.4 Å². The van der Waals surface area contributed by atoms with E-state index in [-0.39, 0.29) is 4.90 Å². The summed E-state index contributed by atoms with van der Waals surface area (Å²) >= 11 is 0. The third-order valence-electron chi connectivity index (χ3n) is 6.16. The molecule has 2 saturated heterocycles. The highest BCUT2D eigenvalue weighted by molar-refractivity contribution is 7.92. The first-order valence-electron chi connectivity index (χ1n) is 11.7. The average molecular weight is 496 g/mol. The fourth-order valence-corrected chi connectivity index (χ4v) is 5.24. The molecule has 4 heterocycles. The van der Waals surface area contributed by atoms with Crippen LogP contribution in [-0.4, -0.2) is 75.9 Å². The predicted octanol–water partition coefficient (Wildman–Crippen LogP) is 2.61. The molecule has 2 fully saturated rings. The smallest absolute Gasteiger partial charge is 0.263 e. The highest BCUT2D eigenvalue weighted by Gasteiger charge is 2.19. The van der Waals surface area contributed by atoms with E-state index >= 15 is 0 Å². The zero-order valence-electron chi connectivity index (χ0n) is 19.5. The maximum Gasteiger partial charge on any atom is 0.263 e.